The van der Waals surface area contributed by atoms with Crippen molar-refractivity contribution in [2.75, 3.05) is 18.4 Å². The fraction of sp³-hybridized carbons (Fsp3) is 0.571. The van der Waals surface area contributed by atoms with Crippen molar-refractivity contribution < 1.29 is 0 Å². The zero-order valence-electron chi connectivity index (χ0n) is 11.2. The Hall–Kier alpha value is -1.62. The molecule has 2 aromatic heterocycles. The molecule has 0 spiro atoms. The average Bonchev–Trinajstić information content (AvgIpc) is 3.07. The van der Waals surface area contributed by atoms with E-state index in [0.717, 1.165) is 17.2 Å². The van der Waals surface area contributed by atoms with Crippen molar-refractivity contribution in [3.8, 4) is 0 Å². The Morgan fingerprint density at radius 2 is 2.26 bits per heavy atom. The van der Waals surface area contributed by atoms with Crippen molar-refractivity contribution in [1.29, 1.82) is 0 Å². The summed E-state index contributed by atoms with van der Waals surface area (Å²) in [6, 6.07) is 5.28. The lowest BCUT2D eigenvalue weighted by Gasteiger charge is -2.20. The van der Waals surface area contributed by atoms with Gasteiger partial charge in [-0.05, 0) is 44.4 Å². The molecular weight excluding hydrogens is 238 g/mol. The van der Waals surface area contributed by atoms with Gasteiger partial charge in [0.1, 0.15) is 0 Å². The van der Waals surface area contributed by atoms with Crippen LogP contribution in [0.25, 0.3) is 5.65 Å². The summed E-state index contributed by atoms with van der Waals surface area (Å²) in [6.45, 7) is 4.55. The standard InChI is InChI=1S/C14H19N5/c1-10-4-2-8-19-13(10)16-14(17-19)15-11-6-9-18-7-3-5-12(11)18/h2,4,8,11-12H,3,5-7,9H2,1H3,(H,15,17). The van der Waals surface area contributed by atoms with Crippen LogP contribution in [0.3, 0.4) is 0 Å². The number of aromatic nitrogens is 3. The summed E-state index contributed by atoms with van der Waals surface area (Å²) in [5.74, 6) is 0.771. The quantitative estimate of drug-likeness (QED) is 0.889. The van der Waals surface area contributed by atoms with Crippen molar-refractivity contribution >= 4 is 11.6 Å². The van der Waals surface area contributed by atoms with Gasteiger partial charge in [0.05, 0.1) is 0 Å². The van der Waals surface area contributed by atoms with Crippen LogP contribution in [0.2, 0.25) is 0 Å². The lowest BCUT2D eigenvalue weighted by Crippen LogP contribution is -2.34. The molecule has 2 unspecified atom stereocenters. The fourth-order valence-electron chi connectivity index (χ4n) is 3.52. The van der Waals surface area contributed by atoms with E-state index in [-0.39, 0.29) is 0 Å². The summed E-state index contributed by atoms with van der Waals surface area (Å²) in [7, 11) is 0. The number of hydrogen-bond donors (Lipinski definition) is 1. The molecule has 0 bridgehead atoms. The maximum Gasteiger partial charge on any atom is 0.243 e. The Labute approximate surface area is 112 Å². The summed E-state index contributed by atoms with van der Waals surface area (Å²) in [6.07, 6.45) is 5.81. The van der Waals surface area contributed by atoms with Crippen LogP contribution in [0.5, 0.6) is 0 Å². The lowest BCUT2D eigenvalue weighted by atomic mass is 10.1. The zero-order valence-corrected chi connectivity index (χ0v) is 11.2. The minimum Gasteiger partial charge on any atom is -0.349 e. The SMILES string of the molecule is Cc1cccn2nc(NC3CCN4CCCC34)nc12. The number of fused-ring (bicyclic) bond motifs is 2. The van der Waals surface area contributed by atoms with Gasteiger partial charge in [-0.2, -0.15) is 4.98 Å². The van der Waals surface area contributed by atoms with Crippen LogP contribution < -0.4 is 5.32 Å². The van der Waals surface area contributed by atoms with Gasteiger partial charge < -0.3 is 5.32 Å². The molecule has 0 saturated carbocycles. The summed E-state index contributed by atoms with van der Waals surface area (Å²) < 4.78 is 1.86. The van der Waals surface area contributed by atoms with Crippen LogP contribution in [0.15, 0.2) is 18.3 Å². The van der Waals surface area contributed by atoms with Crippen molar-refractivity contribution in [3.05, 3.63) is 23.9 Å². The largest absolute Gasteiger partial charge is 0.349 e. The van der Waals surface area contributed by atoms with Crippen molar-refractivity contribution in [1.82, 2.24) is 19.5 Å². The van der Waals surface area contributed by atoms with Crippen molar-refractivity contribution in [2.45, 2.75) is 38.3 Å². The van der Waals surface area contributed by atoms with E-state index >= 15 is 0 Å². The highest BCUT2D eigenvalue weighted by Crippen LogP contribution is 2.29. The van der Waals surface area contributed by atoms with E-state index in [2.05, 4.69) is 33.3 Å². The summed E-state index contributed by atoms with van der Waals surface area (Å²) in [4.78, 5) is 7.21. The van der Waals surface area contributed by atoms with Crippen LogP contribution in [-0.4, -0.2) is 44.7 Å². The Bertz CT molecular complexity index is 605. The highest BCUT2D eigenvalue weighted by molar-refractivity contribution is 5.50. The van der Waals surface area contributed by atoms with Gasteiger partial charge in [0, 0.05) is 24.8 Å². The molecule has 0 aliphatic carbocycles. The first-order valence-corrected chi connectivity index (χ1v) is 7.14. The Morgan fingerprint density at radius 3 is 3.16 bits per heavy atom. The molecule has 19 heavy (non-hydrogen) atoms. The second-order valence-corrected chi connectivity index (χ2v) is 5.68. The van der Waals surface area contributed by atoms with Crippen molar-refractivity contribution in [2.24, 2.45) is 0 Å². The number of aryl methyl sites for hydroxylation is 1. The lowest BCUT2D eigenvalue weighted by molar-refractivity contribution is 0.318. The van der Waals surface area contributed by atoms with Gasteiger partial charge in [-0.1, -0.05) is 6.07 Å². The summed E-state index contributed by atoms with van der Waals surface area (Å²) in [5, 5.41) is 8.07. The third kappa shape index (κ3) is 1.80. The Kier molecular flexibility index (Phi) is 2.48. The van der Waals surface area contributed by atoms with Crippen LogP contribution in [0.1, 0.15) is 24.8 Å². The molecule has 0 aromatic carbocycles. The van der Waals surface area contributed by atoms with Gasteiger partial charge in [-0.25, -0.2) is 4.52 Å². The minimum atomic E-state index is 0.514. The number of anilines is 1. The molecule has 2 aromatic rings. The molecule has 2 aliphatic rings. The van der Waals surface area contributed by atoms with E-state index < -0.39 is 0 Å². The molecule has 5 nitrogen and oxygen atoms in total. The highest BCUT2D eigenvalue weighted by atomic mass is 15.4. The molecule has 100 valence electrons. The molecule has 2 atom stereocenters. The van der Waals surface area contributed by atoms with Gasteiger partial charge in [-0.15, -0.1) is 5.10 Å². The van der Waals surface area contributed by atoms with E-state index in [0.29, 0.717) is 12.1 Å². The fourth-order valence-corrected chi connectivity index (χ4v) is 3.52. The number of nitrogens with one attached hydrogen (secondary N) is 1. The molecular formula is C14H19N5. The van der Waals surface area contributed by atoms with Crippen LogP contribution >= 0.6 is 0 Å². The molecule has 4 heterocycles. The molecule has 0 amide bonds. The first-order chi connectivity index (χ1) is 9.31. The first kappa shape index (κ1) is 11.2. The number of hydrogen-bond acceptors (Lipinski definition) is 4. The van der Waals surface area contributed by atoms with Gasteiger partial charge in [0.25, 0.3) is 0 Å². The van der Waals surface area contributed by atoms with E-state index in [4.69, 9.17) is 0 Å². The van der Waals surface area contributed by atoms with E-state index in [1.165, 1.54) is 32.4 Å². The van der Waals surface area contributed by atoms with Gasteiger partial charge in [-0.3, -0.25) is 4.90 Å². The average molecular weight is 257 g/mol. The minimum absolute atomic E-state index is 0.514. The molecule has 4 rings (SSSR count). The Morgan fingerprint density at radius 1 is 1.32 bits per heavy atom. The van der Waals surface area contributed by atoms with Crippen LogP contribution in [0.4, 0.5) is 5.95 Å². The molecule has 2 aliphatic heterocycles. The Balaban J connectivity index is 1.60. The number of rotatable bonds is 2. The van der Waals surface area contributed by atoms with Gasteiger partial charge >= 0.3 is 0 Å². The molecule has 0 radical (unpaired) electrons. The van der Waals surface area contributed by atoms with E-state index in [1.807, 2.05) is 16.8 Å². The third-order valence-corrected chi connectivity index (χ3v) is 4.48. The molecule has 1 N–H and O–H groups in total. The number of pyridine rings is 1. The van der Waals surface area contributed by atoms with Gasteiger partial charge in [0.2, 0.25) is 5.95 Å². The zero-order chi connectivity index (χ0) is 12.8. The first-order valence-electron chi connectivity index (χ1n) is 7.14. The highest BCUT2D eigenvalue weighted by Gasteiger charge is 2.37. The third-order valence-electron chi connectivity index (χ3n) is 4.48. The van der Waals surface area contributed by atoms with E-state index in [1.54, 1.807) is 0 Å². The maximum absolute atomic E-state index is 4.61. The predicted molar refractivity (Wildman–Crippen MR) is 74.3 cm³/mol. The van der Waals surface area contributed by atoms with Crippen LogP contribution in [-0.2, 0) is 0 Å². The molecule has 2 saturated heterocycles. The monoisotopic (exact) mass is 257 g/mol. The van der Waals surface area contributed by atoms with Gasteiger partial charge in [0.15, 0.2) is 5.65 Å². The summed E-state index contributed by atoms with van der Waals surface area (Å²) >= 11 is 0. The second kappa shape index (κ2) is 4.20. The van der Waals surface area contributed by atoms with Crippen molar-refractivity contribution in [3.63, 3.8) is 0 Å². The molecule has 2 fully saturated rings. The maximum atomic E-state index is 4.61. The van der Waals surface area contributed by atoms with E-state index in [9.17, 15) is 0 Å². The second-order valence-electron chi connectivity index (χ2n) is 5.68. The normalized spacial score (nSPS) is 27.0. The predicted octanol–water partition coefficient (Wildman–Crippen LogP) is 1.69. The van der Waals surface area contributed by atoms with Crippen LogP contribution in [0, 0.1) is 6.92 Å². The summed E-state index contributed by atoms with van der Waals surface area (Å²) in [5.41, 5.74) is 2.11. The topological polar surface area (TPSA) is 45.5 Å². The smallest absolute Gasteiger partial charge is 0.243 e. The molecule has 5 heteroatoms. The number of nitrogens with zero attached hydrogens (tertiary/aromatic N) is 4.